The SMILES string of the molecule is CCCCc1cccc(CCCC)c1Cc1c(Br)oc2ccccc12. The second kappa shape index (κ2) is 8.71. The molecule has 0 unspecified atom stereocenters. The van der Waals surface area contributed by atoms with Crippen LogP contribution in [0.5, 0.6) is 0 Å². The highest BCUT2D eigenvalue weighted by molar-refractivity contribution is 9.10. The maximum Gasteiger partial charge on any atom is 0.174 e. The van der Waals surface area contributed by atoms with E-state index in [1.807, 2.05) is 12.1 Å². The molecule has 0 saturated heterocycles. The van der Waals surface area contributed by atoms with E-state index in [9.17, 15) is 0 Å². The number of halogens is 1. The standard InChI is InChI=1S/C23H27BrO/c1-3-5-10-17-12-9-13-18(11-6-4-2)20(17)16-21-19-14-7-8-15-22(19)25-23(21)24/h7-9,12-15H,3-6,10-11,16H2,1-2H3. The van der Waals surface area contributed by atoms with Crippen LogP contribution in [-0.2, 0) is 19.3 Å². The van der Waals surface area contributed by atoms with Crippen molar-refractivity contribution in [1.82, 2.24) is 0 Å². The lowest BCUT2D eigenvalue weighted by Crippen LogP contribution is -2.02. The lowest BCUT2D eigenvalue weighted by molar-refractivity contribution is 0.582. The van der Waals surface area contributed by atoms with Crippen molar-refractivity contribution < 1.29 is 4.42 Å². The van der Waals surface area contributed by atoms with Crippen LogP contribution >= 0.6 is 15.9 Å². The van der Waals surface area contributed by atoms with E-state index in [0.717, 1.165) is 16.7 Å². The fourth-order valence-electron chi connectivity index (χ4n) is 3.53. The Bertz CT molecular complexity index is 805. The Kier molecular flexibility index (Phi) is 6.36. The monoisotopic (exact) mass is 398 g/mol. The van der Waals surface area contributed by atoms with E-state index < -0.39 is 0 Å². The fourth-order valence-corrected chi connectivity index (χ4v) is 4.06. The zero-order valence-corrected chi connectivity index (χ0v) is 16.9. The molecule has 0 aliphatic rings. The van der Waals surface area contributed by atoms with Crippen LogP contribution in [0.2, 0.25) is 0 Å². The fraction of sp³-hybridized carbons (Fsp3) is 0.391. The summed E-state index contributed by atoms with van der Waals surface area (Å²) in [7, 11) is 0. The van der Waals surface area contributed by atoms with Crippen LogP contribution in [0.25, 0.3) is 11.0 Å². The Balaban J connectivity index is 2.02. The molecule has 0 spiro atoms. The van der Waals surface area contributed by atoms with Gasteiger partial charge in [0.25, 0.3) is 0 Å². The predicted octanol–water partition coefficient (Wildman–Crippen LogP) is 7.47. The zero-order valence-electron chi connectivity index (χ0n) is 15.3. The number of para-hydroxylation sites is 1. The molecule has 1 nitrogen and oxygen atoms in total. The second-order valence-corrected chi connectivity index (χ2v) is 7.51. The molecule has 3 aromatic rings. The van der Waals surface area contributed by atoms with Gasteiger partial charge < -0.3 is 4.42 Å². The van der Waals surface area contributed by atoms with Crippen molar-refractivity contribution in [2.45, 2.75) is 58.8 Å². The molecule has 2 aromatic carbocycles. The number of aryl methyl sites for hydroxylation is 2. The van der Waals surface area contributed by atoms with Gasteiger partial charge in [0.15, 0.2) is 4.67 Å². The highest BCUT2D eigenvalue weighted by atomic mass is 79.9. The average Bonchev–Trinajstić information content (AvgIpc) is 2.95. The number of hydrogen-bond donors (Lipinski definition) is 0. The molecule has 0 aliphatic carbocycles. The largest absolute Gasteiger partial charge is 0.449 e. The van der Waals surface area contributed by atoms with Crippen molar-refractivity contribution in [2.75, 3.05) is 0 Å². The van der Waals surface area contributed by atoms with E-state index >= 15 is 0 Å². The van der Waals surface area contributed by atoms with E-state index in [-0.39, 0.29) is 0 Å². The third kappa shape index (κ3) is 4.17. The molecular formula is C23H27BrO. The Morgan fingerprint density at radius 3 is 2.08 bits per heavy atom. The van der Waals surface area contributed by atoms with E-state index in [0.29, 0.717) is 0 Å². The lowest BCUT2D eigenvalue weighted by Gasteiger charge is -2.15. The molecule has 0 bridgehead atoms. The summed E-state index contributed by atoms with van der Waals surface area (Å²) in [5.41, 5.74) is 6.76. The molecule has 0 atom stereocenters. The lowest BCUT2D eigenvalue weighted by atomic mass is 9.90. The van der Waals surface area contributed by atoms with Crippen LogP contribution < -0.4 is 0 Å². The van der Waals surface area contributed by atoms with E-state index in [1.54, 1.807) is 0 Å². The van der Waals surface area contributed by atoms with Gasteiger partial charge in [0.2, 0.25) is 0 Å². The Hall–Kier alpha value is -1.54. The maximum absolute atomic E-state index is 5.93. The van der Waals surface area contributed by atoms with Gasteiger partial charge in [-0.3, -0.25) is 0 Å². The number of furan rings is 1. The predicted molar refractivity (Wildman–Crippen MR) is 110 cm³/mol. The summed E-state index contributed by atoms with van der Waals surface area (Å²) < 4.78 is 6.81. The van der Waals surface area contributed by atoms with Crippen molar-refractivity contribution in [3.63, 3.8) is 0 Å². The molecule has 0 amide bonds. The van der Waals surface area contributed by atoms with Gasteiger partial charge >= 0.3 is 0 Å². The molecule has 1 heterocycles. The minimum atomic E-state index is 0.875. The van der Waals surface area contributed by atoms with Gasteiger partial charge in [0.05, 0.1) is 0 Å². The summed E-state index contributed by atoms with van der Waals surface area (Å²) in [5.74, 6) is 0. The van der Waals surface area contributed by atoms with Gasteiger partial charge in [-0.05, 0) is 64.4 Å². The molecule has 0 aliphatic heterocycles. The zero-order chi connectivity index (χ0) is 17.6. The van der Waals surface area contributed by atoms with Gasteiger partial charge in [-0.25, -0.2) is 0 Å². The number of benzene rings is 2. The van der Waals surface area contributed by atoms with E-state index in [2.05, 4.69) is 60.1 Å². The smallest absolute Gasteiger partial charge is 0.174 e. The number of unbranched alkanes of at least 4 members (excludes halogenated alkanes) is 2. The number of rotatable bonds is 8. The topological polar surface area (TPSA) is 13.1 Å². The van der Waals surface area contributed by atoms with Gasteiger partial charge in [0.1, 0.15) is 5.58 Å². The van der Waals surface area contributed by atoms with Crippen LogP contribution in [0.3, 0.4) is 0 Å². The van der Waals surface area contributed by atoms with Crippen LogP contribution in [-0.4, -0.2) is 0 Å². The van der Waals surface area contributed by atoms with Crippen molar-refractivity contribution in [3.05, 3.63) is 69.4 Å². The summed E-state index contributed by atoms with van der Waals surface area (Å²) >= 11 is 3.65. The first-order chi connectivity index (χ1) is 12.2. The molecule has 25 heavy (non-hydrogen) atoms. The van der Waals surface area contributed by atoms with Crippen LogP contribution in [0.4, 0.5) is 0 Å². The molecule has 132 valence electrons. The van der Waals surface area contributed by atoms with Gasteiger partial charge in [-0.15, -0.1) is 0 Å². The summed E-state index contributed by atoms with van der Waals surface area (Å²) in [4.78, 5) is 0. The van der Waals surface area contributed by atoms with Crippen LogP contribution in [0, 0.1) is 0 Å². The molecular weight excluding hydrogens is 372 g/mol. The van der Waals surface area contributed by atoms with Crippen LogP contribution in [0.15, 0.2) is 51.6 Å². The van der Waals surface area contributed by atoms with Crippen molar-refractivity contribution in [2.24, 2.45) is 0 Å². The second-order valence-electron chi connectivity index (χ2n) is 6.79. The number of fused-ring (bicyclic) bond motifs is 1. The van der Waals surface area contributed by atoms with Gasteiger partial charge in [-0.2, -0.15) is 0 Å². The normalized spacial score (nSPS) is 11.3. The van der Waals surface area contributed by atoms with Crippen molar-refractivity contribution >= 4 is 26.9 Å². The minimum Gasteiger partial charge on any atom is -0.449 e. The molecule has 0 fully saturated rings. The first kappa shape index (κ1) is 18.3. The summed E-state index contributed by atoms with van der Waals surface area (Å²) in [6.07, 6.45) is 8.23. The highest BCUT2D eigenvalue weighted by Crippen LogP contribution is 2.33. The van der Waals surface area contributed by atoms with Gasteiger partial charge in [-0.1, -0.05) is 63.1 Å². The van der Waals surface area contributed by atoms with Crippen molar-refractivity contribution in [3.8, 4) is 0 Å². The minimum absolute atomic E-state index is 0.875. The molecule has 0 N–H and O–H groups in total. The third-order valence-corrected chi connectivity index (χ3v) is 5.61. The van der Waals surface area contributed by atoms with Crippen molar-refractivity contribution in [1.29, 1.82) is 0 Å². The molecule has 1 aromatic heterocycles. The third-order valence-electron chi connectivity index (χ3n) is 4.97. The number of hydrogen-bond acceptors (Lipinski definition) is 1. The Morgan fingerprint density at radius 1 is 0.800 bits per heavy atom. The Morgan fingerprint density at radius 2 is 1.44 bits per heavy atom. The van der Waals surface area contributed by atoms with E-state index in [4.69, 9.17) is 4.42 Å². The average molecular weight is 399 g/mol. The summed E-state index contributed by atoms with van der Waals surface area (Å²) in [6.45, 7) is 4.53. The van der Waals surface area contributed by atoms with Gasteiger partial charge in [0, 0.05) is 17.4 Å². The maximum atomic E-state index is 5.93. The van der Waals surface area contributed by atoms with Crippen LogP contribution in [0.1, 0.15) is 61.8 Å². The quantitative estimate of drug-likeness (QED) is 0.383. The summed E-state index contributed by atoms with van der Waals surface area (Å²) in [5, 5.41) is 1.22. The molecule has 2 heteroatoms. The Labute approximate surface area is 159 Å². The first-order valence-corrected chi connectivity index (χ1v) is 10.3. The first-order valence-electron chi connectivity index (χ1n) is 9.50. The highest BCUT2D eigenvalue weighted by Gasteiger charge is 2.16. The van der Waals surface area contributed by atoms with E-state index in [1.165, 1.54) is 66.2 Å². The molecule has 0 radical (unpaired) electrons. The summed E-state index contributed by atoms with van der Waals surface area (Å²) in [6, 6.07) is 15.2. The molecule has 3 rings (SSSR count). The molecule has 0 saturated carbocycles.